The number of carbonyl (C=O) groups is 2. The summed E-state index contributed by atoms with van der Waals surface area (Å²) in [5, 5.41) is 3.14. The number of esters is 1. The third kappa shape index (κ3) is 7.76. The van der Waals surface area contributed by atoms with E-state index in [9.17, 15) is 22.8 Å². The minimum Gasteiger partial charge on any atom is -0.469 e. The van der Waals surface area contributed by atoms with Crippen molar-refractivity contribution in [3.05, 3.63) is 95.6 Å². The molecule has 1 fully saturated rings. The maximum Gasteiger partial charge on any atom is 0.416 e. The Hall–Kier alpha value is -3.65. The summed E-state index contributed by atoms with van der Waals surface area (Å²) in [6, 6.07) is 21.9. The molecule has 3 aromatic carbocycles. The monoisotopic (exact) mass is 566 g/mol. The average molecular weight is 567 g/mol. The number of rotatable bonds is 10. The number of hydrogen-bond acceptors (Lipinski definition) is 4. The van der Waals surface area contributed by atoms with Crippen molar-refractivity contribution < 1.29 is 27.5 Å². The lowest BCUT2D eigenvalue weighted by Crippen LogP contribution is -2.46. The molecular weight excluding hydrogens is 529 g/mol. The van der Waals surface area contributed by atoms with Crippen molar-refractivity contribution in [3.63, 3.8) is 0 Å². The van der Waals surface area contributed by atoms with Crippen molar-refractivity contribution in [1.29, 1.82) is 0 Å². The van der Waals surface area contributed by atoms with E-state index < -0.39 is 11.7 Å². The smallest absolute Gasteiger partial charge is 0.416 e. The lowest BCUT2D eigenvalue weighted by Gasteiger charge is -2.36. The number of ether oxygens (including phenoxy) is 1. The van der Waals surface area contributed by atoms with E-state index in [0.717, 1.165) is 63.0 Å². The Labute approximate surface area is 239 Å². The van der Waals surface area contributed by atoms with Crippen LogP contribution in [0.2, 0.25) is 0 Å². The molecule has 41 heavy (non-hydrogen) atoms. The number of piperidine rings is 1. The number of amides is 1. The first-order chi connectivity index (χ1) is 19.7. The van der Waals surface area contributed by atoms with Crippen LogP contribution in [0.15, 0.2) is 78.9 Å². The molecule has 0 aromatic heterocycles. The van der Waals surface area contributed by atoms with Crippen LogP contribution >= 0.6 is 0 Å². The first-order valence-corrected chi connectivity index (χ1v) is 14.1. The van der Waals surface area contributed by atoms with Crippen LogP contribution in [0.3, 0.4) is 0 Å². The molecular formula is C33H37F3N2O3. The quantitative estimate of drug-likeness (QED) is 0.270. The van der Waals surface area contributed by atoms with Crippen LogP contribution in [0.4, 0.5) is 13.2 Å². The molecule has 1 amide bonds. The van der Waals surface area contributed by atoms with Crippen LogP contribution in [-0.2, 0) is 15.7 Å². The van der Waals surface area contributed by atoms with Gasteiger partial charge in [-0.15, -0.1) is 0 Å². The van der Waals surface area contributed by atoms with Gasteiger partial charge in [0.05, 0.1) is 18.6 Å². The Bertz CT molecular complexity index is 1290. The summed E-state index contributed by atoms with van der Waals surface area (Å²) in [7, 11) is 1.44. The van der Waals surface area contributed by atoms with Crippen molar-refractivity contribution in [1.82, 2.24) is 10.2 Å². The molecule has 4 rings (SSSR count). The SMILES string of the molecule is CCCC(C(=O)OC)C(CN1CCC(NC(=O)c2ccccc2-c2ccc(C(F)(F)F)cc2)CC1)c1ccccc1. The molecule has 5 nitrogen and oxygen atoms in total. The molecule has 2 unspecified atom stereocenters. The Morgan fingerprint density at radius 2 is 1.59 bits per heavy atom. The van der Waals surface area contributed by atoms with E-state index in [1.165, 1.54) is 19.2 Å². The normalized spacial score (nSPS) is 16.1. The number of carbonyl (C=O) groups excluding carboxylic acids is 2. The topological polar surface area (TPSA) is 58.6 Å². The molecule has 1 heterocycles. The fourth-order valence-corrected chi connectivity index (χ4v) is 5.68. The average Bonchev–Trinajstić information content (AvgIpc) is 2.99. The molecule has 0 aliphatic carbocycles. The van der Waals surface area contributed by atoms with E-state index in [-0.39, 0.29) is 29.8 Å². The molecule has 0 spiro atoms. The predicted octanol–water partition coefficient (Wildman–Crippen LogP) is 6.94. The predicted molar refractivity (Wildman–Crippen MR) is 153 cm³/mol. The summed E-state index contributed by atoms with van der Waals surface area (Å²) in [5.74, 6) is -0.652. The molecule has 0 saturated carbocycles. The van der Waals surface area contributed by atoms with Crippen LogP contribution in [-0.4, -0.2) is 49.6 Å². The summed E-state index contributed by atoms with van der Waals surface area (Å²) in [6.45, 7) is 4.34. The molecule has 1 aliphatic rings. The highest BCUT2D eigenvalue weighted by Crippen LogP contribution is 2.33. The molecule has 0 bridgehead atoms. The van der Waals surface area contributed by atoms with E-state index in [2.05, 4.69) is 29.3 Å². The molecule has 1 aliphatic heterocycles. The van der Waals surface area contributed by atoms with E-state index in [0.29, 0.717) is 16.7 Å². The highest BCUT2D eigenvalue weighted by atomic mass is 19.4. The highest BCUT2D eigenvalue weighted by Gasteiger charge is 2.33. The number of halogens is 3. The van der Waals surface area contributed by atoms with Gasteiger partial charge < -0.3 is 15.0 Å². The maximum absolute atomic E-state index is 13.3. The van der Waals surface area contributed by atoms with Gasteiger partial charge in [0.25, 0.3) is 5.91 Å². The second-order valence-electron chi connectivity index (χ2n) is 10.6. The van der Waals surface area contributed by atoms with Crippen molar-refractivity contribution in [2.24, 2.45) is 5.92 Å². The summed E-state index contributed by atoms with van der Waals surface area (Å²) in [6.07, 6.45) is -1.28. The Kier molecular flexibility index (Phi) is 10.2. The van der Waals surface area contributed by atoms with Gasteiger partial charge in [0.1, 0.15) is 0 Å². The van der Waals surface area contributed by atoms with Gasteiger partial charge in [-0.05, 0) is 54.2 Å². The van der Waals surface area contributed by atoms with Gasteiger partial charge in [-0.1, -0.05) is 74.0 Å². The molecule has 1 N–H and O–H groups in total. The lowest BCUT2D eigenvalue weighted by atomic mass is 9.82. The van der Waals surface area contributed by atoms with E-state index >= 15 is 0 Å². The van der Waals surface area contributed by atoms with Gasteiger partial charge in [0, 0.05) is 37.2 Å². The highest BCUT2D eigenvalue weighted by molar-refractivity contribution is 6.01. The zero-order valence-electron chi connectivity index (χ0n) is 23.5. The Balaban J connectivity index is 1.41. The van der Waals surface area contributed by atoms with Gasteiger partial charge in [-0.3, -0.25) is 9.59 Å². The summed E-state index contributed by atoms with van der Waals surface area (Å²) >= 11 is 0. The minimum atomic E-state index is -4.42. The molecule has 8 heteroatoms. The number of methoxy groups -OCH3 is 1. The summed E-state index contributed by atoms with van der Waals surface area (Å²) in [4.78, 5) is 28.4. The Morgan fingerprint density at radius 3 is 2.20 bits per heavy atom. The van der Waals surface area contributed by atoms with Crippen LogP contribution in [0.1, 0.15) is 60.0 Å². The number of nitrogens with one attached hydrogen (secondary N) is 1. The van der Waals surface area contributed by atoms with E-state index in [4.69, 9.17) is 4.74 Å². The molecule has 2 atom stereocenters. The maximum atomic E-state index is 13.3. The molecule has 3 aromatic rings. The van der Waals surface area contributed by atoms with Crippen molar-refractivity contribution in [2.75, 3.05) is 26.7 Å². The second-order valence-corrected chi connectivity index (χ2v) is 10.6. The van der Waals surface area contributed by atoms with Crippen LogP contribution in [0, 0.1) is 5.92 Å². The van der Waals surface area contributed by atoms with E-state index in [1.807, 2.05) is 18.2 Å². The largest absolute Gasteiger partial charge is 0.469 e. The number of hydrogen-bond donors (Lipinski definition) is 1. The fourth-order valence-electron chi connectivity index (χ4n) is 5.68. The second kappa shape index (κ2) is 13.8. The van der Waals surface area contributed by atoms with E-state index in [1.54, 1.807) is 24.3 Å². The fraction of sp³-hybridized carbons (Fsp3) is 0.394. The van der Waals surface area contributed by atoms with Crippen LogP contribution < -0.4 is 5.32 Å². The van der Waals surface area contributed by atoms with Gasteiger partial charge in [-0.2, -0.15) is 13.2 Å². The third-order valence-corrected chi connectivity index (χ3v) is 7.89. The molecule has 218 valence electrons. The number of nitrogens with zero attached hydrogens (tertiary/aromatic N) is 1. The molecule has 0 radical (unpaired) electrons. The van der Waals surface area contributed by atoms with Crippen molar-refractivity contribution in [2.45, 2.75) is 50.7 Å². The minimum absolute atomic E-state index is 0.00496. The van der Waals surface area contributed by atoms with Crippen molar-refractivity contribution in [3.8, 4) is 11.1 Å². The van der Waals surface area contributed by atoms with Gasteiger partial charge >= 0.3 is 12.1 Å². The summed E-state index contributed by atoms with van der Waals surface area (Å²) < 4.78 is 44.2. The van der Waals surface area contributed by atoms with Gasteiger partial charge in [0.2, 0.25) is 0 Å². The molecule has 1 saturated heterocycles. The number of benzene rings is 3. The zero-order valence-corrected chi connectivity index (χ0v) is 23.5. The zero-order chi connectivity index (χ0) is 29.4. The van der Waals surface area contributed by atoms with Crippen LogP contribution in [0.25, 0.3) is 11.1 Å². The first-order valence-electron chi connectivity index (χ1n) is 14.1. The van der Waals surface area contributed by atoms with Gasteiger partial charge in [0.15, 0.2) is 0 Å². The standard InChI is InChI=1S/C33H37F3N2O3/c1-3-9-29(32(40)41-2)30(23-10-5-4-6-11-23)22-38-20-18-26(19-21-38)37-31(39)28-13-8-7-12-27(28)24-14-16-25(17-15-24)33(34,35)36/h4-8,10-17,26,29-30H,3,9,18-22H2,1-2H3,(H,37,39). The Morgan fingerprint density at radius 1 is 0.951 bits per heavy atom. The number of alkyl halides is 3. The lowest BCUT2D eigenvalue weighted by molar-refractivity contribution is -0.146. The van der Waals surface area contributed by atoms with Crippen molar-refractivity contribution >= 4 is 11.9 Å². The number of likely N-dealkylation sites (tertiary alicyclic amines) is 1. The van der Waals surface area contributed by atoms with Gasteiger partial charge in [-0.25, -0.2) is 0 Å². The summed E-state index contributed by atoms with van der Waals surface area (Å²) in [5.41, 5.74) is 1.97. The first kappa shape index (κ1) is 30.3. The van der Waals surface area contributed by atoms with Crippen LogP contribution in [0.5, 0.6) is 0 Å². The third-order valence-electron chi connectivity index (χ3n) is 7.89.